The number of aromatic nitrogens is 2. The summed E-state index contributed by atoms with van der Waals surface area (Å²) in [5, 5.41) is 0. The largest absolute Gasteiger partial charge is 0.454 e. The minimum Gasteiger partial charge on any atom is -0.454 e. The van der Waals surface area contributed by atoms with Crippen molar-refractivity contribution in [1.82, 2.24) is 14.5 Å². The van der Waals surface area contributed by atoms with E-state index in [2.05, 4.69) is 9.55 Å². The molecule has 4 rings (SSSR count). The second-order valence-electron chi connectivity index (χ2n) is 6.51. The van der Waals surface area contributed by atoms with E-state index < -0.39 is 0 Å². The third kappa shape index (κ3) is 2.62. The summed E-state index contributed by atoms with van der Waals surface area (Å²) in [5.41, 5.74) is 1.67. The van der Waals surface area contributed by atoms with Crippen LogP contribution < -0.4 is 9.47 Å². The van der Waals surface area contributed by atoms with Gasteiger partial charge in [0.2, 0.25) is 6.79 Å². The van der Waals surface area contributed by atoms with Crippen molar-refractivity contribution in [2.24, 2.45) is 7.05 Å². The maximum absolute atomic E-state index is 12.9. The zero-order chi connectivity index (χ0) is 16.7. The highest BCUT2D eigenvalue weighted by Crippen LogP contribution is 2.33. The lowest BCUT2D eigenvalue weighted by molar-refractivity contribution is 0.0703. The number of imidazole rings is 1. The number of hydrogen-bond acceptors (Lipinski definition) is 4. The maximum Gasteiger partial charge on any atom is 0.254 e. The SMILES string of the molecule is Cc1cn(C)c([C@H]2CCCN(C(=O)c3ccc4c(c3)OCO4)C2)n1. The van der Waals surface area contributed by atoms with E-state index in [1.54, 1.807) is 12.1 Å². The fourth-order valence-electron chi connectivity index (χ4n) is 3.60. The lowest BCUT2D eigenvalue weighted by atomic mass is 9.96. The Bertz CT molecular complexity index is 784. The minimum absolute atomic E-state index is 0.0453. The van der Waals surface area contributed by atoms with E-state index in [0.717, 1.165) is 30.9 Å². The Labute approximate surface area is 141 Å². The number of ether oxygens (including phenoxy) is 2. The third-order valence-electron chi connectivity index (χ3n) is 4.73. The summed E-state index contributed by atoms with van der Waals surface area (Å²) < 4.78 is 12.8. The van der Waals surface area contributed by atoms with Crippen LogP contribution in [0.15, 0.2) is 24.4 Å². The Balaban J connectivity index is 1.53. The fraction of sp³-hybridized carbons (Fsp3) is 0.444. The standard InChI is InChI=1S/C18H21N3O3/c1-12-9-20(2)17(19-12)14-4-3-7-21(10-14)18(22)13-5-6-15-16(8-13)24-11-23-15/h5-6,8-9,14H,3-4,7,10-11H2,1-2H3/t14-/m0/s1. The van der Waals surface area contributed by atoms with E-state index in [1.165, 1.54) is 0 Å². The van der Waals surface area contributed by atoms with Crippen LogP contribution in [0.4, 0.5) is 0 Å². The van der Waals surface area contributed by atoms with Crippen LogP contribution >= 0.6 is 0 Å². The van der Waals surface area contributed by atoms with E-state index in [9.17, 15) is 4.79 Å². The van der Waals surface area contributed by atoms with E-state index in [4.69, 9.17) is 9.47 Å². The van der Waals surface area contributed by atoms with Crippen LogP contribution in [0.1, 0.15) is 40.6 Å². The molecule has 3 heterocycles. The zero-order valence-corrected chi connectivity index (χ0v) is 14.0. The van der Waals surface area contributed by atoms with Gasteiger partial charge in [0.05, 0.1) is 5.69 Å². The lowest BCUT2D eigenvalue weighted by Crippen LogP contribution is -2.39. The zero-order valence-electron chi connectivity index (χ0n) is 14.0. The molecule has 0 saturated carbocycles. The van der Waals surface area contributed by atoms with Crippen LogP contribution in [0.2, 0.25) is 0 Å². The topological polar surface area (TPSA) is 56.6 Å². The Morgan fingerprint density at radius 2 is 2.12 bits per heavy atom. The van der Waals surface area contributed by atoms with Gasteiger partial charge in [0.15, 0.2) is 11.5 Å². The number of hydrogen-bond donors (Lipinski definition) is 0. The number of piperidine rings is 1. The number of benzene rings is 1. The normalized spacial score (nSPS) is 19.6. The van der Waals surface area contributed by atoms with Gasteiger partial charge in [-0.3, -0.25) is 4.79 Å². The average molecular weight is 327 g/mol. The quantitative estimate of drug-likeness (QED) is 0.850. The number of nitrogens with zero attached hydrogens (tertiary/aromatic N) is 3. The predicted molar refractivity (Wildman–Crippen MR) is 88.4 cm³/mol. The smallest absolute Gasteiger partial charge is 0.254 e. The molecule has 0 N–H and O–H groups in total. The second-order valence-corrected chi connectivity index (χ2v) is 6.51. The van der Waals surface area contributed by atoms with E-state index >= 15 is 0 Å². The van der Waals surface area contributed by atoms with Crippen LogP contribution in [0, 0.1) is 6.92 Å². The molecule has 1 amide bonds. The molecule has 1 atom stereocenters. The maximum atomic E-state index is 12.9. The third-order valence-corrected chi connectivity index (χ3v) is 4.73. The Morgan fingerprint density at radius 1 is 1.29 bits per heavy atom. The summed E-state index contributed by atoms with van der Waals surface area (Å²) in [6.45, 7) is 3.71. The van der Waals surface area contributed by atoms with E-state index in [1.807, 2.05) is 31.1 Å². The Kier molecular flexibility index (Phi) is 3.67. The van der Waals surface area contributed by atoms with Gasteiger partial charge >= 0.3 is 0 Å². The van der Waals surface area contributed by atoms with Gasteiger partial charge in [-0.25, -0.2) is 4.98 Å². The molecule has 2 aliphatic rings. The molecule has 0 spiro atoms. The molecule has 0 unspecified atom stereocenters. The van der Waals surface area contributed by atoms with Gasteiger partial charge in [-0.05, 0) is 38.0 Å². The highest BCUT2D eigenvalue weighted by Gasteiger charge is 2.28. The first-order valence-corrected chi connectivity index (χ1v) is 8.30. The van der Waals surface area contributed by atoms with Gasteiger partial charge in [0.25, 0.3) is 5.91 Å². The molecule has 2 aliphatic heterocycles. The number of carbonyl (C=O) groups is 1. The molecule has 1 saturated heterocycles. The molecule has 1 fully saturated rings. The summed E-state index contributed by atoms with van der Waals surface area (Å²) in [6, 6.07) is 5.39. The molecule has 24 heavy (non-hydrogen) atoms. The highest BCUT2D eigenvalue weighted by molar-refractivity contribution is 5.95. The number of carbonyl (C=O) groups excluding carboxylic acids is 1. The van der Waals surface area contributed by atoms with Crippen LogP contribution in [0.3, 0.4) is 0 Å². The van der Waals surface area contributed by atoms with Gasteiger partial charge in [-0.1, -0.05) is 0 Å². The van der Waals surface area contributed by atoms with Crippen molar-refractivity contribution in [2.75, 3.05) is 19.9 Å². The monoisotopic (exact) mass is 327 g/mol. The van der Waals surface area contributed by atoms with Crippen molar-refractivity contribution in [3.63, 3.8) is 0 Å². The molecule has 0 radical (unpaired) electrons. The minimum atomic E-state index is 0.0453. The number of aryl methyl sites for hydroxylation is 2. The fourth-order valence-corrected chi connectivity index (χ4v) is 3.60. The van der Waals surface area contributed by atoms with Crippen molar-refractivity contribution in [1.29, 1.82) is 0 Å². The van der Waals surface area contributed by atoms with Gasteiger partial charge in [-0.15, -0.1) is 0 Å². The molecular formula is C18H21N3O3. The van der Waals surface area contributed by atoms with Crippen LogP contribution in [-0.4, -0.2) is 40.2 Å². The van der Waals surface area contributed by atoms with Gasteiger partial charge in [0, 0.05) is 37.8 Å². The first-order chi connectivity index (χ1) is 11.6. The van der Waals surface area contributed by atoms with Crippen molar-refractivity contribution in [2.45, 2.75) is 25.7 Å². The molecule has 1 aromatic carbocycles. The summed E-state index contributed by atoms with van der Waals surface area (Å²) in [7, 11) is 2.02. The first-order valence-electron chi connectivity index (χ1n) is 8.30. The molecule has 1 aromatic heterocycles. The molecule has 6 heteroatoms. The van der Waals surface area contributed by atoms with E-state index in [0.29, 0.717) is 23.6 Å². The number of rotatable bonds is 2. The van der Waals surface area contributed by atoms with Crippen molar-refractivity contribution in [3.8, 4) is 11.5 Å². The highest BCUT2D eigenvalue weighted by atomic mass is 16.7. The number of likely N-dealkylation sites (tertiary alicyclic amines) is 1. The molecule has 0 bridgehead atoms. The lowest BCUT2D eigenvalue weighted by Gasteiger charge is -2.32. The van der Waals surface area contributed by atoms with Gasteiger partial charge in [0.1, 0.15) is 5.82 Å². The van der Waals surface area contributed by atoms with Crippen molar-refractivity contribution in [3.05, 3.63) is 41.5 Å². The Morgan fingerprint density at radius 3 is 2.92 bits per heavy atom. The van der Waals surface area contributed by atoms with Crippen molar-refractivity contribution < 1.29 is 14.3 Å². The van der Waals surface area contributed by atoms with Gasteiger partial charge in [-0.2, -0.15) is 0 Å². The second kappa shape index (κ2) is 5.85. The van der Waals surface area contributed by atoms with E-state index in [-0.39, 0.29) is 18.6 Å². The molecule has 0 aliphatic carbocycles. The molecule has 6 nitrogen and oxygen atoms in total. The number of fused-ring (bicyclic) bond motifs is 1. The summed E-state index contributed by atoms with van der Waals surface area (Å²) in [5.74, 6) is 2.75. The molecular weight excluding hydrogens is 306 g/mol. The van der Waals surface area contributed by atoms with Crippen LogP contribution in [0.25, 0.3) is 0 Å². The van der Waals surface area contributed by atoms with Gasteiger partial charge < -0.3 is 18.9 Å². The molecule has 126 valence electrons. The average Bonchev–Trinajstić information content (AvgIpc) is 3.19. The summed E-state index contributed by atoms with van der Waals surface area (Å²) >= 11 is 0. The van der Waals surface area contributed by atoms with Crippen LogP contribution in [-0.2, 0) is 7.05 Å². The predicted octanol–water partition coefficient (Wildman–Crippen LogP) is 2.48. The number of amides is 1. The Hall–Kier alpha value is -2.50. The first kappa shape index (κ1) is 15.1. The van der Waals surface area contributed by atoms with Crippen LogP contribution in [0.5, 0.6) is 11.5 Å². The summed E-state index contributed by atoms with van der Waals surface area (Å²) in [4.78, 5) is 19.4. The van der Waals surface area contributed by atoms with Crippen molar-refractivity contribution >= 4 is 5.91 Å². The molecule has 2 aromatic rings. The summed E-state index contributed by atoms with van der Waals surface area (Å²) in [6.07, 6.45) is 4.09.